The van der Waals surface area contributed by atoms with E-state index in [4.69, 9.17) is 4.74 Å². The molecule has 1 heterocycles. The van der Waals surface area contributed by atoms with Crippen molar-refractivity contribution in [2.45, 2.75) is 72.3 Å². The fraction of sp³-hybridized carbons (Fsp3) is 0.650. The Morgan fingerprint density at radius 2 is 1.68 bits per heavy atom. The van der Waals surface area contributed by atoms with E-state index >= 15 is 0 Å². The van der Waals surface area contributed by atoms with Crippen molar-refractivity contribution < 1.29 is 14.6 Å². The summed E-state index contributed by atoms with van der Waals surface area (Å²) in [7, 11) is 0. The number of phenols is 1. The van der Waals surface area contributed by atoms with Crippen molar-refractivity contribution in [1.82, 2.24) is 5.32 Å². The van der Waals surface area contributed by atoms with Crippen molar-refractivity contribution >= 4 is 18.5 Å². The maximum Gasteiger partial charge on any atom is 0.407 e. The molecular weight excluding hydrogens is 338 g/mol. The number of carbonyl (C=O) groups is 1. The number of carbonyl (C=O) groups excluding carboxylic acids is 1. The van der Waals surface area contributed by atoms with E-state index in [2.05, 4.69) is 52.9 Å². The number of nitrogens with one attached hydrogen (secondary N) is 1. The summed E-state index contributed by atoms with van der Waals surface area (Å²) in [4.78, 5) is 11.8. The smallest absolute Gasteiger partial charge is 0.407 e. The topological polar surface area (TPSA) is 58.6 Å². The van der Waals surface area contributed by atoms with Crippen LogP contribution in [0, 0.1) is 5.41 Å². The fourth-order valence-electron chi connectivity index (χ4n) is 3.07. The number of hydrogen-bond donors (Lipinski definition) is 2. The minimum atomic E-state index is -0.433. The van der Waals surface area contributed by atoms with Gasteiger partial charge in [-0.1, -0.05) is 61.5 Å². The van der Waals surface area contributed by atoms with Crippen LogP contribution in [0.25, 0.3) is 0 Å². The third-order valence-electron chi connectivity index (χ3n) is 4.74. The molecule has 0 aliphatic carbocycles. The van der Waals surface area contributed by atoms with Crippen LogP contribution in [0.1, 0.15) is 78.1 Å². The molecule has 1 aromatic carbocycles. The van der Waals surface area contributed by atoms with Gasteiger partial charge in [0.05, 0.1) is 6.04 Å². The molecule has 4 nitrogen and oxygen atoms in total. The monoisotopic (exact) mass is 369 g/mol. The SMILES string of the molecule is CC(C)(C)c1cc([C@@H]2NC(=O)OCC2(C)C)c(O)c(C(C)(C)C)c1.Cl. The molecule has 5 heteroatoms. The molecule has 1 amide bonds. The van der Waals surface area contributed by atoms with Gasteiger partial charge in [-0.05, 0) is 28.0 Å². The van der Waals surface area contributed by atoms with Crippen LogP contribution in [-0.4, -0.2) is 17.8 Å². The van der Waals surface area contributed by atoms with Crippen molar-refractivity contribution in [3.63, 3.8) is 0 Å². The molecule has 0 unspecified atom stereocenters. The normalized spacial score (nSPS) is 20.3. The summed E-state index contributed by atoms with van der Waals surface area (Å²) in [5, 5.41) is 13.9. The lowest BCUT2D eigenvalue weighted by atomic mass is 9.74. The minimum Gasteiger partial charge on any atom is -0.507 e. The summed E-state index contributed by atoms with van der Waals surface area (Å²) in [5.41, 5.74) is 2.27. The molecule has 25 heavy (non-hydrogen) atoms. The second-order valence-electron chi connectivity index (χ2n) is 9.60. The zero-order valence-electron chi connectivity index (χ0n) is 16.6. The van der Waals surface area contributed by atoms with E-state index < -0.39 is 6.09 Å². The molecule has 0 saturated carbocycles. The highest BCUT2D eigenvalue weighted by Crippen LogP contribution is 2.45. The Morgan fingerprint density at radius 1 is 1.12 bits per heavy atom. The number of alkyl carbamates (subject to hydrolysis) is 1. The van der Waals surface area contributed by atoms with Gasteiger partial charge in [-0.25, -0.2) is 4.79 Å². The molecule has 0 spiro atoms. The lowest BCUT2D eigenvalue weighted by molar-refractivity contribution is 0.0380. The Hall–Kier alpha value is -1.42. The van der Waals surface area contributed by atoms with Crippen LogP contribution in [0.5, 0.6) is 5.75 Å². The lowest BCUT2D eigenvalue weighted by Gasteiger charge is -2.40. The fourth-order valence-corrected chi connectivity index (χ4v) is 3.07. The molecule has 1 saturated heterocycles. The molecule has 0 radical (unpaired) electrons. The first kappa shape index (κ1) is 21.6. The molecule has 1 atom stereocenters. The first-order valence-corrected chi connectivity index (χ1v) is 8.54. The highest BCUT2D eigenvalue weighted by Gasteiger charge is 2.40. The minimum absolute atomic E-state index is 0. The number of cyclic esters (lactones) is 1. The average Bonchev–Trinajstić information content (AvgIpc) is 2.39. The number of amides is 1. The maximum atomic E-state index is 11.8. The molecule has 1 aliphatic heterocycles. The van der Waals surface area contributed by atoms with Gasteiger partial charge in [0.25, 0.3) is 0 Å². The zero-order chi connectivity index (χ0) is 18.5. The predicted octanol–water partition coefficient (Wildman–Crippen LogP) is 5.22. The molecule has 142 valence electrons. The van der Waals surface area contributed by atoms with E-state index in [1.165, 1.54) is 0 Å². The summed E-state index contributed by atoms with van der Waals surface area (Å²) in [6.07, 6.45) is -0.433. The molecule has 1 fully saturated rings. The first-order chi connectivity index (χ1) is 10.7. The van der Waals surface area contributed by atoms with Crippen LogP contribution >= 0.6 is 12.4 Å². The number of ether oxygens (including phenoxy) is 1. The van der Waals surface area contributed by atoms with Crippen molar-refractivity contribution in [3.05, 3.63) is 28.8 Å². The van der Waals surface area contributed by atoms with Gasteiger partial charge in [-0.2, -0.15) is 0 Å². The predicted molar refractivity (Wildman–Crippen MR) is 104 cm³/mol. The van der Waals surface area contributed by atoms with Gasteiger partial charge in [-0.15, -0.1) is 12.4 Å². The van der Waals surface area contributed by atoms with E-state index in [0.717, 1.165) is 16.7 Å². The van der Waals surface area contributed by atoms with Gasteiger partial charge in [-0.3, -0.25) is 0 Å². The van der Waals surface area contributed by atoms with Gasteiger partial charge < -0.3 is 15.2 Å². The van der Waals surface area contributed by atoms with E-state index in [9.17, 15) is 9.90 Å². The van der Waals surface area contributed by atoms with Crippen LogP contribution in [0.15, 0.2) is 12.1 Å². The number of rotatable bonds is 1. The summed E-state index contributed by atoms with van der Waals surface area (Å²) in [6.45, 7) is 17.1. The van der Waals surface area contributed by atoms with Crippen LogP contribution in [-0.2, 0) is 15.6 Å². The average molecular weight is 370 g/mol. The Labute approximate surface area is 157 Å². The largest absolute Gasteiger partial charge is 0.507 e. The molecule has 1 aliphatic rings. The number of phenolic OH excluding ortho intramolecular Hbond substituents is 1. The Kier molecular flexibility index (Phi) is 5.81. The third-order valence-corrected chi connectivity index (χ3v) is 4.74. The van der Waals surface area contributed by atoms with E-state index in [1.807, 2.05) is 19.9 Å². The quantitative estimate of drug-likeness (QED) is 0.713. The highest BCUT2D eigenvalue weighted by molar-refractivity contribution is 5.85. The molecule has 2 rings (SSSR count). The van der Waals surface area contributed by atoms with Crippen LogP contribution in [0.2, 0.25) is 0 Å². The maximum absolute atomic E-state index is 11.8. The van der Waals surface area contributed by atoms with E-state index in [-0.39, 0.29) is 40.4 Å². The van der Waals surface area contributed by atoms with Crippen molar-refractivity contribution in [1.29, 1.82) is 0 Å². The van der Waals surface area contributed by atoms with Gasteiger partial charge >= 0.3 is 6.09 Å². The Bertz CT molecular complexity index is 654. The number of hydrogen-bond acceptors (Lipinski definition) is 3. The highest BCUT2D eigenvalue weighted by atomic mass is 35.5. The van der Waals surface area contributed by atoms with Crippen LogP contribution in [0.3, 0.4) is 0 Å². The Morgan fingerprint density at radius 3 is 2.16 bits per heavy atom. The number of benzene rings is 1. The van der Waals surface area contributed by atoms with Crippen molar-refractivity contribution in [2.24, 2.45) is 5.41 Å². The van der Waals surface area contributed by atoms with E-state index in [0.29, 0.717) is 6.61 Å². The van der Waals surface area contributed by atoms with Gasteiger partial charge in [0.15, 0.2) is 0 Å². The molecule has 1 aromatic rings. The number of aromatic hydroxyl groups is 1. The number of halogens is 1. The van der Waals surface area contributed by atoms with Crippen LogP contribution in [0.4, 0.5) is 4.79 Å². The second-order valence-corrected chi connectivity index (χ2v) is 9.60. The summed E-state index contributed by atoms with van der Waals surface area (Å²) < 4.78 is 5.15. The zero-order valence-corrected chi connectivity index (χ0v) is 17.4. The second kappa shape index (κ2) is 6.71. The molecule has 0 aromatic heterocycles. The van der Waals surface area contributed by atoms with Gasteiger partial charge in [0.1, 0.15) is 12.4 Å². The molecular formula is C20H32ClNO3. The van der Waals surface area contributed by atoms with Crippen LogP contribution < -0.4 is 5.32 Å². The first-order valence-electron chi connectivity index (χ1n) is 8.54. The lowest BCUT2D eigenvalue weighted by Crippen LogP contribution is -2.47. The summed E-state index contributed by atoms with van der Waals surface area (Å²) in [6, 6.07) is 3.83. The summed E-state index contributed by atoms with van der Waals surface area (Å²) in [5.74, 6) is 0.274. The molecule has 0 bridgehead atoms. The standard InChI is InChI=1S/C20H31NO3.ClH/c1-18(2,3)12-9-13(15(22)14(10-12)19(4,5)6)16-20(7,8)11-24-17(23)21-16;/h9-10,16,22H,11H2,1-8H3,(H,21,23);1H/t16-;/m0./s1. The molecule has 2 N–H and O–H groups in total. The third kappa shape index (κ3) is 4.41. The van der Waals surface area contributed by atoms with E-state index in [1.54, 1.807) is 0 Å². The van der Waals surface area contributed by atoms with Crippen molar-refractivity contribution in [2.75, 3.05) is 6.61 Å². The summed E-state index contributed by atoms with van der Waals surface area (Å²) >= 11 is 0. The van der Waals surface area contributed by atoms with Crippen molar-refractivity contribution in [3.8, 4) is 5.75 Å². The van der Waals surface area contributed by atoms with Gasteiger partial charge in [0.2, 0.25) is 0 Å². The Balaban J connectivity index is 0.00000312. The van der Waals surface area contributed by atoms with Gasteiger partial charge in [0, 0.05) is 11.0 Å².